The van der Waals surface area contributed by atoms with Gasteiger partial charge in [0.25, 0.3) is 0 Å². The van der Waals surface area contributed by atoms with Gasteiger partial charge in [-0.05, 0) is 24.6 Å². The molecular formula is C15H16N4O. The maximum atomic E-state index is 12.2. The van der Waals surface area contributed by atoms with Gasteiger partial charge in [0.2, 0.25) is 5.91 Å². The number of aryl methyl sites for hydroxylation is 1. The van der Waals surface area contributed by atoms with Crippen molar-refractivity contribution in [3.05, 3.63) is 53.6 Å². The van der Waals surface area contributed by atoms with E-state index in [1.54, 1.807) is 6.20 Å². The van der Waals surface area contributed by atoms with Crippen molar-refractivity contribution < 1.29 is 4.79 Å². The lowest BCUT2D eigenvalue weighted by Gasteiger charge is -2.11. The number of hydrogen-bond acceptors (Lipinski definition) is 4. The van der Waals surface area contributed by atoms with Crippen LogP contribution in [0.1, 0.15) is 17.1 Å². The van der Waals surface area contributed by atoms with Crippen molar-refractivity contribution in [1.82, 2.24) is 15.3 Å². The van der Waals surface area contributed by atoms with Crippen LogP contribution in [0.2, 0.25) is 0 Å². The van der Waals surface area contributed by atoms with Crippen molar-refractivity contribution in [2.24, 2.45) is 0 Å². The van der Waals surface area contributed by atoms with Crippen LogP contribution >= 0.6 is 0 Å². The Morgan fingerprint density at radius 2 is 2.25 bits per heavy atom. The molecule has 0 aliphatic carbocycles. The van der Waals surface area contributed by atoms with E-state index in [-0.39, 0.29) is 11.9 Å². The highest BCUT2D eigenvalue weighted by molar-refractivity contribution is 5.87. The number of nitrogens with one attached hydrogen (secondary N) is 2. The van der Waals surface area contributed by atoms with Crippen molar-refractivity contribution in [1.29, 1.82) is 0 Å². The number of aromatic nitrogens is 2. The summed E-state index contributed by atoms with van der Waals surface area (Å²) in [6.45, 7) is 2.26. The van der Waals surface area contributed by atoms with E-state index < -0.39 is 0 Å². The molecule has 0 unspecified atom stereocenters. The molecular weight excluding hydrogens is 252 g/mol. The van der Waals surface area contributed by atoms with Gasteiger partial charge < -0.3 is 10.6 Å². The van der Waals surface area contributed by atoms with Crippen molar-refractivity contribution in [3.8, 4) is 0 Å². The minimum Gasteiger partial charge on any atom is -0.373 e. The summed E-state index contributed by atoms with van der Waals surface area (Å²) in [5, 5.41) is 6.15. The number of rotatable bonds is 3. The third kappa shape index (κ3) is 2.61. The summed E-state index contributed by atoms with van der Waals surface area (Å²) < 4.78 is 0. The summed E-state index contributed by atoms with van der Waals surface area (Å²) >= 11 is 0. The second-order valence-electron chi connectivity index (χ2n) is 4.87. The monoisotopic (exact) mass is 268 g/mol. The molecule has 1 aromatic carbocycles. The van der Waals surface area contributed by atoms with Crippen LogP contribution in [-0.2, 0) is 17.8 Å². The Labute approximate surface area is 117 Å². The molecule has 1 amide bonds. The van der Waals surface area contributed by atoms with E-state index in [1.165, 1.54) is 5.56 Å². The summed E-state index contributed by atoms with van der Waals surface area (Å²) in [6, 6.07) is 9.61. The molecule has 3 rings (SSSR count). The van der Waals surface area contributed by atoms with E-state index >= 15 is 0 Å². The highest BCUT2D eigenvalue weighted by atomic mass is 16.2. The van der Waals surface area contributed by atoms with Crippen molar-refractivity contribution in [3.63, 3.8) is 0 Å². The van der Waals surface area contributed by atoms with Crippen molar-refractivity contribution in [2.45, 2.75) is 25.9 Å². The number of benzene rings is 1. The number of fused-ring (bicyclic) bond motifs is 1. The summed E-state index contributed by atoms with van der Waals surface area (Å²) in [5.41, 5.74) is 3.05. The summed E-state index contributed by atoms with van der Waals surface area (Å²) in [5.74, 6) is 0.709. The number of amides is 1. The number of nitrogens with zero attached hydrogens (tertiary/aromatic N) is 2. The molecule has 2 aromatic rings. The largest absolute Gasteiger partial charge is 0.373 e. The standard InChI is InChI=1S/C15H16N4O/c1-10-16-7-6-12(18-10)9-17-15(20)14-8-11-4-2-3-5-13(11)19-14/h2-7,14,19H,8-9H2,1H3,(H,17,20)/t14-/m0/s1. The minimum absolute atomic E-state index is 0.00235. The lowest BCUT2D eigenvalue weighted by atomic mass is 10.1. The van der Waals surface area contributed by atoms with E-state index in [2.05, 4.69) is 20.6 Å². The summed E-state index contributed by atoms with van der Waals surface area (Å²) in [4.78, 5) is 20.5. The summed E-state index contributed by atoms with van der Waals surface area (Å²) in [7, 11) is 0. The molecule has 20 heavy (non-hydrogen) atoms. The smallest absolute Gasteiger partial charge is 0.243 e. The Hall–Kier alpha value is -2.43. The first-order valence-electron chi connectivity index (χ1n) is 6.63. The molecule has 5 nitrogen and oxygen atoms in total. The normalized spacial score (nSPS) is 16.4. The van der Waals surface area contributed by atoms with E-state index in [1.807, 2.05) is 37.3 Å². The Morgan fingerprint density at radius 3 is 3.05 bits per heavy atom. The van der Waals surface area contributed by atoms with Crippen LogP contribution in [-0.4, -0.2) is 21.9 Å². The van der Waals surface area contributed by atoms with Crippen LogP contribution in [0.25, 0.3) is 0 Å². The maximum Gasteiger partial charge on any atom is 0.243 e. The molecule has 2 N–H and O–H groups in total. The first-order valence-corrected chi connectivity index (χ1v) is 6.63. The molecule has 0 saturated carbocycles. The maximum absolute atomic E-state index is 12.2. The quantitative estimate of drug-likeness (QED) is 0.884. The van der Waals surface area contributed by atoms with Gasteiger partial charge in [0.1, 0.15) is 11.9 Å². The highest BCUT2D eigenvalue weighted by Crippen LogP contribution is 2.25. The van der Waals surface area contributed by atoms with Gasteiger partial charge in [-0.2, -0.15) is 0 Å². The van der Waals surface area contributed by atoms with Gasteiger partial charge in [-0.15, -0.1) is 0 Å². The number of hydrogen-bond donors (Lipinski definition) is 2. The van der Waals surface area contributed by atoms with Crippen LogP contribution in [0.3, 0.4) is 0 Å². The molecule has 1 aliphatic heterocycles. The van der Waals surface area contributed by atoms with Crippen LogP contribution in [0, 0.1) is 6.92 Å². The number of anilines is 1. The fourth-order valence-corrected chi connectivity index (χ4v) is 2.36. The van der Waals surface area contributed by atoms with Crippen molar-refractivity contribution in [2.75, 3.05) is 5.32 Å². The molecule has 0 saturated heterocycles. The zero-order valence-electron chi connectivity index (χ0n) is 11.3. The average molecular weight is 268 g/mol. The topological polar surface area (TPSA) is 66.9 Å². The van der Waals surface area contributed by atoms with Gasteiger partial charge in [-0.1, -0.05) is 18.2 Å². The SMILES string of the molecule is Cc1nccc(CNC(=O)[C@@H]2Cc3ccccc3N2)n1. The average Bonchev–Trinajstić information content (AvgIpc) is 2.89. The van der Waals surface area contributed by atoms with Crippen molar-refractivity contribution >= 4 is 11.6 Å². The predicted molar refractivity (Wildman–Crippen MR) is 76.2 cm³/mol. The lowest BCUT2D eigenvalue weighted by Crippen LogP contribution is -2.38. The molecule has 1 atom stereocenters. The Bertz CT molecular complexity index is 616. The Balaban J connectivity index is 1.59. The first-order chi connectivity index (χ1) is 9.72. The lowest BCUT2D eigenvalue weighted by molar-refractivity contribution is -0.121. The molecule has 0 bridgehead atoms. The van der Waals surface area contributed by atoms with Gasteiger partial charge >= 0.3 is 0 Å². The number of para-hydroxylation sites is 1. The fraction of sp³-hybridized carbons (Fsp3) is 0.267. The van der Waals surface area contributed by atoms with E-state index in [0.29, 0.717) is 12.4 Å². The highest BCUT2D eigenvalue weighted by Gasteiger charge is 2.25. The molecule has 0 radical (unpaired) electrons. The van der Waals surface area contributed by atoms with E-state index in [9.17, 15) is 4.79 Å². The summed E-state index contributed by atoms with van der Waals surface area (Å²) in [6.07, 6.45) is 2.43. The molecule has 102 valence electrons. The second kappa shape index (κ2) is 5.28. The van der Waals surface area contributed by atoms with Gasteiger partial charge in [0.15, 0.2) is 0 Å². The fourth-order valence-electron chi connectivity index (χ4n) is 2.36. The second-order valence-corrected chi connectivity index (χ2v) is 4.87. The molecule has 2 heterocycles. The predicted octanol–water partition coefficient (Wildman–Crippen LogP) is 1.44. The van der Waals surface area contributed by atoms with Crippen LogP contribution < -0.4 is 10.6 Å². The molecule has 1 aromatic heterocycles. The molecule has 5 heteroatoms. The first kappa shape index (κ1) is 12.6. The van der Waals surface area contributed by atoms with Crippen LogP contribution in [0.15, 0.2) is 36.5 Å². The van der Waals surface area contributed by atoms with E-state index in [4.69, 9.17) is 0 Å². The third-order valence-corrected chi connectivity index (χ3v) is 3.37. The van der Waals surface area contributed by atoms with Gasteiger partial charge in [-0.25, -0.2) is 9.97 Å². The zero-order valence-corrected chi connectivity index (χ0v) is 11.3. The molecule has 0 fully saturated rings. The van der Waals surface area contributed by atoms with Crippen LogP contribution in [0.4, 0.5) is 5.69 Å². The number of carbonyl (C=O) groups excluding carboxylic acids is 1. The number of carbonyl (C=O) groups is 1. The molecule has 0 spiro atoms. The van der Waals surface area contributed by atoms with Gasteiger partial charge in [-0.3, -0.25) is 4.79 Å². The zero-order chi connectivity index (χ0) is 13.9. The van der Waals surface area contributed by atoms with Gasteiger partial charge in [0.05, 0.1) is 12.2 Å². The minimum atomic E-state index is -0.199. The van der Waals surface area contributed by atoms with Gasteiger partial charge in [0, 0.05) is 18.3 Å². The third-order valence-electron chi connectivity index (χ3n) is 3.37. The Morgan fingerprint density at radius 1 is 1.40 bits per heavy atom. The Kier molecular flexibility index (Phi) is 3.33. The van der Waals surface area contributed by atoms with E-state index in [0.717, 1.165) is 17.8 Å². The molecule has 1 aliphatic rings. The van der Waals surface area contributed by atoms with Crippen LogP contribution in [0.5, 0.6) is 0 Å².